The Bertz CT molecular complexity index is 342. The second-order valence-corrected chi connectivity index (χ2v) is 4.53. The van der Waals surface area contributed by atoms with Gasteiger partial charge in [-0.1, -0.05) is 22.0 Å². The minimum Gasteiger partial charge on any atom is -0.315 e. The van der Waals surface area contributed by atoms with E-state index in [2.05, 4.69) is 22.0 Å². The lowest BCUT2D eigenvalue weighted by molar-refractivity contribution is -0.117. The lowest BCUT2D eigenvalue weighted by Gasteiger charge is -2.18. The summed E-state index contributed by atoms with van der Waals surface area (Å²) in [5, 5.41) is 0.709. The van der Waals surface area contributed by atoms with Crippen LogP contribution < -0.4 is 4.90 Å². The maximum absolute atomic E-state index is 11.7. The van der Waals surface area contributed by atoms with Gasteiger partial charge in [0, 0.05) is 24.5 Å². The van der Waals surface area contributed by atoms with E-state index in [0.29, 0.717) is 11.8 Å². The van der Waals surface area contributed by atoms with E-state index in [4.69, 9.17) is 0 Å². The first-order valence-electron chi connectivity index (χ1n) is 4.95. The van der Waals surface area contributed by atoms with Gasteiger partial charge in [0.05, 0.1) is 0 Å². The largest absolute Gasteiger partial charge is 0.315 e. The molecule has 2 nitrogen and oxygen atoms in total. The summed E-state index contributed by atoms with van der Waals surface area (Å²) < 4.78 is 0. The highest BCUT2D eigenvalue weighted by atomic mass is 79.9. The third-order valence-electron chi connectivity index (χ3n) is 2.28. The SMILES string of the molecule is Cc1cc(C)cc(N(C)C(=O)CCBr)c1. The number of rotatable bonds is 3. The van der Waals surface area contributed by atoms with Crippen LogP contribution in [0.25, 0.3) is 0 Å². The van der Waals surface area contributed by atoms with Gasteiger partial charge in [0.15, 0.2) is 0 Å². The van der Waals surface area contributed by atoms with Crippen LogP contribution >= 0.6 is 15.9 Å². The zero-order valence-corrected chi connectivity index (χ0v) is 11.0. The van der Waals surface area contributed by atoms with Gasteiger partial charge >= 0.3 is 0 Å². The summed E-state index contributed by atoms with van der Waals surface area (Å²) in [6, 6.07) is 6.16. The van der Waals surface area contributed by atoms with Crippen LogP contribution in [0.1, 0.15) is 17.5 Å². The van der Waals surface area contributed by atoms with Gasteiger partial charge in [0.2, 0.25) is 5.91 Å². The number of carbonyl (C=O) groups excluding carboxylic acids is 1. The van der Waals surface area contributed by atoms with E-state index in [0.717, 1.165) is 5.69 Å². The van der Waals surface area contributed by atoms with E-state index in [1.165, 1.54) is 11.1 Å². The average Bonchev–Trinajstić information content (AvgIpc) is 2.15. The third kappa shape index (κ3) is 3.34. The molecule has 3 heteroatoms. The van der Waals surface area contributed by atoms with Crippen molar-refractivity contribution in [3.63, 3.8) is 0 Å². The molecular weight excluding hydrogens is 254 g/mol. The number of hydrogen-bond acceptors (Lipinski definition) is 1. The predicted octanol–water partition coefficient (Wildman–Crippen LogP) is 3.05. The summed E-state index contributed by atoms with van der Waals surface area (Å²) in [7, 11) is 1.82. The summed E-state index contributed by atoms with van der Waals surface area (Å²) >= 11 is 3.27. The van der Waals surface area contributed by atoms with Crippen molar-refractivity contribution in [2.24, 2.45) is 0 Å². The molecule has 0 bridgehead atoms. The van der Waals surface area contributed by atoms with Crippen molar-refractivity contribution in [3.05, 3.63) is 29.3 Å². The summed E-state index contributed by atoms with van der Waals surface area (Å²) in [5.74, 6) is 0.136. The molecule has 1 aromatic rings. The summed E-state index contributed by atoms with van der Waals surface area (Å²) in [4.78, 5) is 13.4. The van der Waals surface area contributed by atoms with Crippen molar-refractivity contribution in [2.75, 3.05) is 17.3 Å². The number of halogens is 1. The summed E-state index contributed by atoms with van der Waals surface area (Å²) in [6.45, 7) is 4.08. The Balaban J connectivity index is 2.90. The van der Waals surface area contributed by atoms with Crippen LogP contribution in [0.4, 0.5) is 5.69 Å². The molecule has 0 fully saturated rings. The minimum atomic E-state index is 0.136. The Morgan fingerprint density at radius 3 is 2.27 bits per heavy atom. The Hall–Kier alpha value is -0.830. The normalized spacial score (nSPS) is 10.1. The van der Waals surface area contributed by atoms with Gasteiger partial charge < -0.3 is 4.90 Å². The van der Waals surface area contributed by atoms with Crippen molar-refractivity contribution in [3.8, 4) is 0 Å². The third-order valence-corrected chi connectivity index (χ3v) is 2.67. The van der Waals surface area contributed by atoms with Crippen LogP contribution in [0.2, 0.25) is 0 Å². The lowest BCUT2D eigenvalue weighted by atomic mass is 10.1. The van der Waals surface area contributed by atoms with E-state index in [1.807, 2.05) is 33.0 Å². The van der Waals surface area contributed by atoms with Crippen LogP contribution in [-0.4, -0.2) is 18.3 Å². The predicted molar refractivity (Wildman–Crippen MR) is 67.7 cm³/mol. The number of nitrogens with zero attached hydrogens (tertiary/aromatic N) is 1. The molecule has 1 aromatic carbocycles. The van der Waals surface area contributed by atoms with E-state index >= 15 is 0 Å². The highest BCUT2D eigenvalue weighted by Gasteiger charge is 2.10. The second kappa shape index (κ2) is 5.31. The lowest BCUT2D eigenvalue weighted by Crippen LogP contribution is -2.26. The molecular formula is C12H16BrNO. The van der Waals surface area contributed by atoms with Crippen LogP contribution in [0.5, 0.6) is 0 Å². The second-order valence-electron chi connectivity index (χ2n) is 3.74. The highest BCUT2D eigenvalue weighted by Crippen LogP contribution is 2.18. The van der Waals surface area contributed by atoms with Gasteiger partial charge in [0.1, 0.15) is 0 Å². The number of hydrogen-bond donors (Lipinski definition) is 0. The number of anilines is 1. The topological polar surface area (TPSA) is 20.3 Å². The standard InChI is InChI=1S/C12H16BrNO/c1-9-6-10(2)8-11(7-9)14(3)12(15)4-5-13/h6-8H,4-5H2,1-3H3. The molecule has 0 saturated carbocycles. The van der Waals surface area contributed by atoms with Crippen molar-refractivity contribution in [1.29, 1.82) is 0 Å². The molecule has 1 rings (SSSR count). The van der Waals surface area contributed by atoms with E-state index in [-0.39, 0.29) is 5.91 Å². The molecule has 0 unspecified atom stereocenters. The number of benzene rings is 1. The molecule has 0 heterocycles. The average molecular weight is 270 g/mol. The molecule has 0 aliphatic rings. The van der Waals surface area contributed by atoms with E-state index in [1.54, 1.807) is 4.90 Å². The minimum absolute atomic E-state index is 0.136. The molecule has 0 N–H and O–H groups in total. The van der Waals surface area contributed by atoms with Gasteiger partial charge in [-0.15, -0.1) is 0 Å². The van der Waals surface area contributed by atoms with Crippen molar-refractivity contribution in [1.82, 2.24) is 0 Å². The van der Waals surface area contributed by atoms with Crippen LogP contribution in [0, 0.1) is 13.8 Å². The van der Waals surface area contributed by atoms with Crippen molar-refractivity contribution < 1.29 is 4.79 Å². The maximum atomic E-state index is 11.7. The maximum Gasteiger partial charge on any atom is 0.227 e. The number of alkyl halides is 1. The number of aryl methyl sites for hydroxylation is 2. The van der Waals surface area contributed by atoms with Crippen LogP contribution in [0.15, 0.2) is 18.2 Å². The first kappa shape index (κ1) is 12.2. The summed E-state index contributed by atoms with van der Waals surface area (Å²) in [6.07, 6.45) is 0.531. The zero-order chi connectivity index (χ0) is 11.4. The van der Waals surface area contributed by atoms with Crippen molar-refractivity contribution >= 4 is 27.5 Å². The van der Waals surface area contributed by atoms with Crippen molar-refractivity contribution in [2.45, 2.75) is 20.3 Å². The Morgan fingerprint density at radius 2 is 1.80 bits per heavy atom. The molecule has 1 amide bonds. The molecule has 0 spiro atoms. The quantitative estimate of drug-likeness (QED) is 0.773. The fourth-order valence-corrected chi connectivity index (χ4v) is 1.88. The van der Waals surface area contributed by atoms with Crippen LogP contribution in [-0.2, 0) is 4.79 Å². The number of carbonyl (C=O) groups is 1. The van der Waals surface area contributed by atoms with Gasteiger partial charge in [-0.3, -0.25) is 4.79 Å². The summed E-state index contributed by atoms with van der Waals surface area (Å²) in [5.41, 5.74) is 3.34. The molecule has 0 atom stereocenters. The molecule has 0 aliphatic carbocycles. The number of amides is 1. The molecule has 0 aliphatic heterocycles. The smallest absolute Gasteiger partial charge is 0.227 e. The van der Waals surface area contributed by atoms with E-state index in [9.17, 15) is 4.79 Å². The Labute approximate surface area is 99.4 Å². The molecule has 0 radical (unpaired) electrons. The molecule has 0 saturated heterocycles. The van der Waals surface area contributed by atoms with E-state index < -0.39 is 0 Å². The Morgan fingerprint density at radius 1 is 1.27 bits per heavy atom. The van der Waals surface area contributed by atoms with Gasteiger partial charge in [0.25, 0.3) is 0 Å². The highest BCUT2D eigenvalue weighted by molar-refractivity contribution is 9.09. The zero-order valence-electron chi connectivity index (χ0n) is 9.38. The van der Waals surface area contributed by atoms with Crippen LogP contribution in [0.3, 0.4) is 0 Å². The van der Waals surface area contributed by atoms with Gasteiger partial charge in [-0.05, 0) is 37.1 Å². The monoisotopic (exact) mass is 269 g/mol. The molecule has 15 heavy (non-hydrogen) atoms. The Kier molecular flexibility index (Phi) is 4.33. The molecule has 0 aromatic heterocycles. The molecule has 82 valence electrons. The first-order chi connectivity index (χ1) is 7.04. The van der Waals surface area contributed by atoms with Gasteiger partial charge in [-0.25, -0.2) is 0 Å². The first-order valence-corrected chi connectivity index (χ1v) is 6.07. The van der Waals surface area contributed by atoms with Gasteiger partial charge in [-0.2, -0.15) is 0 Å². The fourth-order valence-electron chi connectivity index (χ4n) is 1.54. The fraction of sp³-hybridized carbons (Fsp3) is 0.417.